The second-order valence-corrected chi connectivity index (χ2v) is 5.19. The number of hydrogen-bond acceptors (Lipinski definition) is 3. The summed E-state index contributed by atoms with van der Waals surface area (Å²) in [4.78, 5) is 6.68. The van der Waals surface area contributed by atoms with Crippen LogP contribution in [-0.2, 0) is 0 Å². The molecule has 0 bridgehead atoms. The largest absolute Gasteiger partial charge is 0.368 e. The molecule has 2 heterocycles. The smallest absolute Gasteiger partial charge is 0.0752 e. The van der Waals surface area contributed by atoms with E-state index in [1.54, 1.807) is 6.07 Å². The van der Waals surface area contributed by atoms with E-state index in [0.29, 0.717) is 10.0 Å². The Kier molecular flexibility index (Phi) is 3.29. The van der Waals surface area contributed by atoms with Crippen molar-refractivity contribution in [3.05, 3.63) is 34.4 Å². The highest BCUT2D eigenvalue weighted by atomic mass is 35.5. The van der Waals surface area contributed by atoms with Gasteiger partial charge in [-0.3, -0.25) is 4.98 Å². The number of anilines is 1. The Bertz CT molecular complexity index is 580. The van der Waals surface area contributed by atoms with Crippen LogP contribution in [0.3, 0.4) is 0 Å². The molecule has 0 atom stereocenters. The molecule has 1 aromatic heterocycles. The quantitative estimate of drug-likeness (QED) is 0.871. The van der Waals surface area contributed by atoms with Crippen molar-refractivity contribution in [2.24, 2.45) is 0 Å². The second kappa shape index (κ2) is 4.92. The molecule has 3 nitrogen and oxygen atoms in total. The third-order valence-corrected chi connectivity index (χ3v) is 3.71. The molecule has 1 fully saturated rings. The van der Waals surface area contributed by atoms with E-state index in [9.17, 15) is 0 Å². The lowest BCUT2D eigenvalue weighted by molar-refractivity contribution is 0.590. The van der Waals surface area contributed by atoms with Gasteiger partial charge in [-0.15, -0.1) is 0 Å². The maximum Gasteiger partial charge on any atom is 0.0752 e. The van der Waals surface area contributed by atoms with Crippen LogP contribution < -0.4 is 10.2 Å². The van der Waals surface area contributed by atoms with Crippen LogP contribution >= 0.6 is 23.2 Å². The summed E-state index contributed by atoms with van der Waals surface area (Å²) < 4.78 is 0. The molecule has 0 aliphatic carbocycles. The predicted molar refractivity (Wildman–Crippen MR) is 76.8 cm³/mol. The van der Waals surface area contributed by atoms with Crippen LogP contribution in [0.2, 0.25) is 10.0 Å². The number of aromatic nitrogens is 1. The van der Waals surface area contributed by atoms with Gasteiger partial charge in [-0.05, 0) is 18.2 Å². The zero-order valence-electron chi connectivity index (χ0n) is 9.79. The van der Waals surface area contributed by atoms with Gasteiger partial charge in [0, 0.05) is 48.5 Å². The number of fused-ring (bicyclic) bond motifs is 1. The van der Waals surface area contributed by atoms with E-state index in [2.05, 4.69) is 15.2 Å². The number of rotatable bonds is 1. The normalized spacial score (nSPS) is 16.2. The van der Waals surface area contributed by atoms with Gasteiger partial charge in [0.05, 0.1) is 10.5 Å². The summed E-state index contributed by atoms with van der Waals surface area (Å²) in [5, 5.41) is 5.62. The number of nitrogens with one attached hydrogen (secondary N) is 1. The fraction of sp³-hybridized carbons (Fsp3) is 0.308. The van der Waals surface area contributed by atoms with Gasteiger partial charge in [-0.2, -0.15) is 0 Å². The van der Waals surface area contributed by atoms with Crippen molar-refractivity contribution < 1.29 is 0 Å². The molecule has 5 heteroatoms. The highest BCUT2D eigenvalue weighted by Gasteiger charge is 2.15. The minimum Gasteiger partial charge on any atom is -0.368 e. The summed E-state index contributed by atoms with van der Waals surface area (Å²) in [5.74, 6) is 0. The summed E-state index contributed by atoms with van der Waals surface area (Å²) in [7, 11) is 0. The maximum absolute atomic E-state index is 6.32. The Labute approximate surface area is 116 Å². The van der Waals surface area contributed by atoms with Gasteiger partial charge >= 0.3 is 0 Å². The molecule has 1 saturated heterocycles. The lowest BCUT2D eigenvalue weighted by atomic mass is 10.1. The Morgan fingerprint density at radius 3 is 2.72 bits per heavy atom. The number of nitrogens with zero attached hydrogens (tertiary/aromatic N) is 2. The summed E-state index contributed by atoms with van der Waals surface area (Å²) >= 11 is 12.3. The molecule has 0 saturated carbocycles. The van der Waals surface area contributed by atoms with E-state index in [0.717, 1.165) is 42.8 Å². The van der Waals surface area contributed by atoms with Crippen molar-refractivity contribution in [1.29, 1.82) is 0 Å². The second-order valence-electron chi connectivity index (χ2n) is 4.35. The first kappa shape index (κ1) is 12.0. The molecule has 3 rings (SSSR count). The van der Waals surface area contributed by atoms with Gasteiger partial charge in [-0.25, -0.2) is 0 Å². The molecule has 18 heavy (non-hydrogen) atoms. The molecular formula is C13H13Cl2N3. The van der Waals surface area contributed by atoms with E-state index in [-0.39, 0.29) is 0 Å². The first-order valence-electron chi connectivity index (χ1n) is 5.95. The van der Waals surface area contributed by atoms with Gasteiger partial charge in [0.15, 0.2) is 0 Å². The SMILES string of the molecule is Clc1cc(Cl)c2c(N3CCNCC3)ccnc2c1. The van der Waals surface area contributed by atoms with Crippen LogP contribution in [-0.4, -0.2) is 31.2 Å². The molecule has 94 valence electrons. The summed E-state index contributed by atoms with van der Waals surface area (Å²) in [6.07, 6.45) is 1.81. The van der Waals surface area contributed by atoms with Crippen molar-refractivity contribution in [3.63, 3.8) is 0 Å². The zero-order valence-corrected chi connectivity index (χ0v) is 11.3. The van der Waals surface area contributed by atoms with Crippen LogP contribution in [0, 0.1) is 0 Å². The molecule has 1 aliphatic heterocycles. The van der Waals surface area contributed by atoms with Crippen molar-refractivity contribution in [2.75, 3.05) is 31.1 Å². The summed E-state index contributed by atoms with van der Waals surface area (Å²) in [5.41, 5.74) is 1.99. The zero-order chi connectivity index (χ0) is 12.5. The summed E-state index contributed by atoms with van der Waals surface area (Å²) in [6, 6.07) is 5.65. The lowest BCUT2D eigenvalue weighted by Crippen LogP contribution is -2.43. The number of halogens is 2. The van der Waals surface area contributed by atoms with Crippen LogP contribution in [0.15, 0.2) is 24.4 Å². The fourth-order valence-corrected chi connectivity index (χ4v) is 2.94. The minimum absolute atomic E-state index is 0.623. The van der Waals surface area contributed by atoms with Crippen molar-refractivity contribution >= 4 is 39.8 Å². The third kappa shape index (κ3) is 2.14. The Hall–Kier alpha value is -1.03. The standard InChI is InChI=1S/C13H13Cl2N3/c14-9-7-10(15)13-11(8-9)17-2-1-12(13)18-5-3-16-4-6-18/h1-2,7-8,16H,3-6H2. The highest BCUT2D eigenvalue weighted by Crippen LogP contribution is 2.34. The molecule has 1 N–H and O–H groups in total. The van der Waals surface area contributed by atoms with Crippen molar-refractivity contribution in [3.8, 4) is 0 Å². The van der Waals surface area contributed by atoms with E-state index in [1.165, 1.54) is 0 Å². The topological polar surface area (TPSA) is 28.2 Å². The van der Waals surface area contributed by atoms with Crippen molar-refractivity contribution in [2.45, 2.75) is 0 Å². The number of hydrogen-bond donors (Lipinski definition) is 1. The van der Waals surface area contributed by atoms with Crippen LogP contribution in [0.25, 0.3) is 10.9 Å². The number of piperazine rings is 1. The van der Waals surface area contributed by atoms with Crippen LogP contribution in [0.4, 0.5) is 5.69 Å². The monoisotopic (exact) mass is 281 g/mol. The third-order valence-electron chi connectivity index (χ3n) is 3.19. The molecule has 1 aromatic carbocycles. The number of benzene rings is 1. The molecule has 1 aliphatic rings. The first-order valence-corrected chi connectivity index (χ1v) is 6.71. The van der Waals surface area contributed by atoms with Crippen LogP contribution in [0.1, 0.15) is 0 Å². The number of pyridine rings is 1. The molecular weight excluding hydrogens is 269 g/mol. The molecule has 0 spiro atoms. The van der Waals surface area contributed by atoms with Gasteiger partial charge in [0.2, 0.25) is 0 Å². The van der Waals surface area contributed by atoms with E-state index >= 15 is 0 Å². The van der Waals surface area contributed by atoms with Crippen molar-refractivity contribution in [1.82, 2.24) is 10.3 Å². The van der Waals surface area contributed by atoms with Gasteiger partial charge in [-0.1, -0.05) is 23.2 Å². The van der Waals surface area contributed by atoms with Gasteiger partial charge < -0.3 is 10.2 Å². The van der Waals surface area contributed by atoms with E-state index in [1.807, 2.05) is 18.3 Å². The maximum atomic E-state index is 6.32. The molecule has 0 amide bonds. The van der Waals surface area contributed by atoms with Crippen LogP contribution in [0.5, 0.6) is 0 Å². The first-order chi connectivity index (χ1) is 8.75. The summed E-state index contributed by atoms with van der Waals surface area (Å²) in [6.45, 7) is 3.96. The fourth-order valence-electron chi connectivity index (χ4n) is 2.36. The van der Waals surface area contributed by atoms with Gasteiger partial charge in [0.25, 0.3) is 0 Å². The minimum atomic E-state index is 0.623. The van der Waals surface area contributed by atoms with E-state index < -0.39 is 0 Å². The average Bonchev–Trinajstić information content (AvgIpc) is 2.38. The Balaban J connectivity index is 2.16. The lowest BCUT2D eigenvalue weighted by Gasteiger charge is -2.30. The Morgan fingerprint density at radius 2 is 1.94 bits per heavy atom. The predicted octanol–water partition coefficient (Wildman–Crippen LogP) is 2.95. The average molecular weight is 282 g/mol. The highest BCUT2D eigenvalue weighted by molar-refractivity contribution is 6.39. The van der Waals surface area contributed by atoms with E-state index in [4.69, 9.17) is 23.2 Å². The van der Waals surface area contributed by atoms with Gasteiger partial charge in [0.1, 0.15) is 0 Å². The molecule has 0 unspecified atom stereocenters. The molecule has 0 radical (unpaired) electrons. The Morgan fingerprint density at radius 1 is 1.17 bits per heavy atom. The molecule has 2 aromatic rings.